The highest BCUT2D eigenvalue weighted by atomic mass is 16.5. The molecule has 0 spiro atoms. The number of fused-ring (bicyclic) bond motifs is 1. The highest BCUT2D eigenvalue weighted by Gasteiger charge is 2.33. The van der Waals surface area contributed by atoms with Crippen molar-refractivity contribution in [3.63, 3.8) is 0 Å². The van der Waals surface area contributed by atoms with Crippen LogP contribution >= 0.6 is 0 Å². The van der Waals surface area contributed by atoms with Gasteiger partial charge in [0.15, 0.2) is 0 Å². The van der Waals surface area contributed by atoms with E-state index in [-0.39, 0.29) is 6.10 Å². The summed E-state index contributed by atoms with van der Waals surface area (Å²) in [6.07, 6.45) is 8.81. The summed E-state index contributed by atoms with van der Waals surface area (Å²) in [5, 5.41) is 0. The Kier molecular flexibility index (Phi) is 4.63. The van der Waals surface area contributed by atoms with Crippen LogP contribution < -0.4 is 4.74 Å². The number of hydrogen-bond donors (Lipinski definition) is 0. The zero-order chi connectivity index (χ0) is 17.1. The van der Waals surface area contributed by atoms with Crippen LogP contribution in [-0.4, -0.2) is 51.7 Å². The second-order valence-corrected chi connectivity index (χ2v) is 6.37. The second-order valence-electron chi connectivity index (χ2n) is 6.37. The molecule has 1 aliphatic rings. The van der Waals surface area contributed by atoms with Crippen molar-refractivity contribution in [2.75, 3.05) is 20.3 Å². The van der Waals surface area contributed by atoms with Gasteiger partial charge in [0.1, 0.15) is 18.0 Å². The Morgan fingerprint density at radius 1 is 1.24 bits per heavy atom. The summed E-state index contributed by atoms with van der Waals surface area (Å²) in [4.78, 5) is 11.2. The molecule has 0 amide bonds. The lowest BCUT2D eigenvalue weighted by Gasteiger charge is -2.23. The van der Waals surface area contributed by atoms with Gasteiger partial charge in [-0.3, -0.25) is 9.88 Å². The zero-order valence-corrected chi connectivity index (χ0v) is 14.3. The maximum atomic E-state index is 5.92. The molecule has 3 aromatic heterocycles. The quantitative estimate of drug-likeness (QED) is 0.691. The van der Waals surface area contributed by atoms with E-state index in [0.717, 1.165) is 36.6 Å². The first-order valence-corrected chi connectivity index (χ1v) is 8.54. The third-order valence-corrected chi connectivity index (χ3v) is 4.68. The maximum absolute atomic E-state index is 5.92. The van der Waals surface area contributed by atoms with E-state index < -0.39 is 0 Å². The number of ether oxygens (including phenoxy) is 2. The molecule has 6 nitrogen and oxygen atoms in total. The molecule has 1 saturated heterocycles. The predicted octanol–water partition coefficient (Wildman–Crippen LogP) is 2.40. The molecule has 0 unspecified atom stereocenters. The van der Waals surface area contributed by atoms with Gasteiger partial charge in [-0.2, -0.15) is 0 Å². The summed E-state index contributed by atoms with van der Waals surface area (Å²) >= 11 is 0. The molecular formula is C19H22N4O2. The van der Waals surface area contributed by atoms with Gasteiger partial charge in [-0.05, 0) is 30.7 Å². The molecule has 4 heterocycles. The van der Waals surface area contributed by atoms with Crippen LogP contribution in [0.15, 0.2) is 55.1 Å². The molecule has 6 heteroatoms. The topological polar surface area (TPSA) is 51.9 Å². The molecule has 130 valence electrons. The summed E-state index contributed by atoms with van der Waals surface area (Å²) in [5.41, 5.74) is 2.04. The Morgan fingerprint density at radius 2 is 2.20 bits per heavy atom. The van der Waals surface area contributed by atoms with Gasteiger partial charge in [0, 0.05) is 44.8 Å². The highest BCUT2D eigenvalue weighted by Crippen LogP contribution is 2.23. The molecule has 0 saturated carbocycles. The molecule has 0 bridgehead atoms. The summed E-state index contributed by atoms with van der Waals surface area (Å²) in [6.45, 7) is 2.31. The first-order valence-electron chi connectivity index (χ1n) is 8.54. The number of likely N-dealkylation sites (tertiary alicyclic amines) is 1. The average Bonchev–Trinajstić information content (AvgIpc) is 3.24. The number of nitrogens with zero attached hydrogens (tertiary/aromatic N) is 4. The molecule has 0 aromatic carbocycles. The van der Waals surface area contributed by atoms with Crippen LogP contribution in [0.3, 0.4) is 0 Å². The van der Waals surface area contributed by atoms with Gasteiger partial charge >= 0.3 is 0 Å². The predicted molar refractivity (Wildman–Crippen MR) is 94.5 cm³/mol. The zero-order valence-electron chi connectivity index (χ0n) is 14.3. The monoisotopic (exact) mass is 338 g/mol. The van der Waals surface area contributed by atoms with Gasteiger partial charge in [-0.1, -0.05) is 6.07 Å². The van der Waals surface area contributed by atoms with Crippen molar-refractivity contribution in [3.05, 3.63) is 60.8 Å². The number of rotatable bonds is 6. The number of pyridine rings is 2. The first kappa shape index (κ1) is 16.1. The van der Waals surface area contributed by atoms with Crippen molar-refractivity contribution in [2.45, 2.75) is 25.1 Å². The van der Waals surface area contributed by atoms with E-state index in [1.54, 1.807) is 19.5 Å². The molecular weight excluding hydrogens is 316 g/mol. The average molecular weight is 338 g/mol. The minimum Gasteiger partial charge on any atom is -0.490 e. The molecule has 1 fully saturated rings. The van der Waals surface area contributed by atoms with Gasteiger partial charge in [-0.15, -0.1) is 0 Å². The fourth-order valence-electron chi connectivity index (χ4n) is 3.37. The van der Waals surface area contributed by atoms with Crippen molar-refractivity contribution in [2.24, 2.45) is 0 Å². The van der Waals surface area contributed by atoms with E-state index in [9.17, 15) is 0 Å². The van der Waals surface area contributed by atoms with E-state index >= 15 is 0 Å². The van der Waals surface area contributed by atoms with Crippen molar-refractivity contribution < 1.29 is 9.47 Å². The highest BCUT2D eigenvalue weighted by molar-refractivity contribution is 5.39. The molecule has 4 rings (SSSR count). The molecule has 0 aliphatic carbocycles. The fraction of sp³-hybridized carbons (Fsp3) is 0.368. The van der Waals surface area contributed by atoms with Crippen LogP contribution in [-0.2, 0) is 11.3 Å². The van der Waals surface area contributed by atoms with Crippen molar-refractivity contribution in [1.82, 2.24) is 19.3 Å². The fourth-order valence-corrected chi connectivity index (χ4v) is 3.37. The number of aromatic nitrogens is 3. The van der Waals surface area contributed by atoms with Gasteiger partial charge in [0.05, 0.1) is 18.0 Å². The standard InChI is InChI=1S/C19H22N4O2/c1-24-18-9-16(14-25-17-5-4-7-20-10-17)23(13-18)12-15-11-22-8-3-2-6-19(22)21-15/h2-8,10-11,16,18H,9,12-14H2,1H3/t16-,18+/m0/s1. The third-order valence-electron chi connectivity index (χ3n) is 4.68. The minimum atomic E-state index is 0.236. The van der Waals surface area contributed by atoms with Gasteiger partial charge in [0.2, 0.25) is 0 Å². The molecule has 0 radical (unpaired) electrons. The Balaban J connectivity index is 1.45. The number of imidazole rings is 1. The minimum absolute atomic E-state index is 0.236. The normalized spacial score (nSPS) is 21.0. The van der Waals surface area contributed by atoms with Gasteiger partial charge in [0.25, 0.3) is 0 Å². The first-order chi connectivity index (χ1) is 12.3. The summed E-state index contributed by atoms with van der Waals surface area (Å²) in [7, 11) is 1.78. The van der Waals surface area contributed by atoms with Gasteiger partial charge in [-0.25, -0.2) is 4.98 Å². The van der Waals surface area contributed by atoms with E-state index in [2.05, 4.69) is 20.5 Å². The Morgan fingerprint density at radius 3 is 3.00 bits per heavy atom. The van der Waals surface area contributed by atoms with Crippen LogP contribution in [0, 0.1) is 0 Å². The number of methoxy groups -OCH3 is 1. The van der Waals surface area contributed by atoms with Crippen LogP contribution in [0.1, 0.15) is 12.1 Å². The van der Waals surface area contributed by atoms with E-state index in [4.69, 9.17) is 14.5 Å². The van der Waals surface area contributed by atoms with E-state index in [0.29, 0.717) is 12.6 Å². The smallest absolute Gasteiger partial charge is 0.137 e. The second kappa shape index (κ2) is 7.21. The summed E-state index contributed by atoms with van der Waals surface area (Å²) in [6, 6.07) is 10.2. The van der Waals surface area contributed by atoms with Gasteiger partial charge < -0.3 is 13.9 Å². The largest absolute Gasteiger partial charge is 0.490 e. The summed E-state index contributed by atoms with van der Waals surface area (Å²) in [5.74, 6) is 0.802. The number of hydrogen-bond acceptors (Lipinski definition) is 5. The van der Waals surface area contributed by atoms with Crippen LogP contribution in [0.25, 0.3) is 5.65 Å². The molecule has 3 aromatic rings. The SMILES string of the molecule is CO[C@@H]1C[C@@H](COc2cccnc2)N(Cc2cn3ccccc3n2)C1. The van der Waals surface area contributed by atoms with Crippen molar-refractivity contribution in [1.29, 1.82) is 0 Å². The maximum Gasteiger partial charge on any atom is 0.137 e. The Hall–Kier alpha value is -2.44. The Labute approximate surface area is 147 Å². The lowest BCUT2D eigenvalue weighted by atomic mass is 10.2. The molecule has 25 heavy (non-hydrogen) atoms. The van der Waals surface area contributed by atoms with Crippen LogP contribution in [0.5, 0.6) is 5.75 Å². The Bertz CT molecular complexity index is 787. The molecule has 0 N–H and O–H groups in total. The third kappa shape index (κ3) is 3.65. The van der Waals surface area contributed by atoms with E-state index in [1.165, 1.54) is 0 Å². The lowest BCUT2D eigenvalue weighted by Crippen LogP contribution is -2.34. The van der Waals surface area contributed by atoms with Crippen molar-refractivity contribution in [3.8, 4) is 5.75 Å². The van der Waals surface area contributed by atoms with Crippen molar-refractivity contribution >= 4 is 5.65 Å². The summed E-state index contributed by atoms with van der Waals surface area (Å²) < 4.78 is 13.6. The van der Waals surface area contributed by atoms with Crippen LogP contribution in [0.4, 0.5) is 0 Å². The molecule has 2 atom stereocenters. The van der Waals surface area contributed by atoms with Crippen LogP contribution in [0.2, 0.25) is 0 Å². The van der Waals surface area contributed by atoms with E-state index in [1.807, 2.05) is 36.5 Å². The molecule has 1 aliphatic heterocycles. The lowest BCUT2D eigenvalue weighted by molar-refractivity contribution is 0.107.